The van der Waals surface area contributed by atoms with Gasteiger partial charge in [-0.05, 0) is 12.8 Å². The Labute approximate surface area is 107 Å². The smallest absolute Gasteiger partial charge is 0.290 e. The zero-order chi connectivity index (χ0) is 13.5. The van der Waals surface area contributed by atoms with Gasteiger partial charge in [0, 0.05) is 5.41 Å². The van der Waals surface area contributed by atoms with Gasteiger partial charge in [-0.1, -0.05) is 33.6 Å². The van der Waals surface area contributed by atoms with Crippen LogP contribution in [0, 0.1) is 0 Å². The number of nitrogens with zero attached hydrogens (tertiary/aromatic N) is 1. The molecule has 0 aromatic carbocycles. The van der Waals surface area contributed by atoms with Crippen LogP contribution in [0.5, 0.6) is 0 Å². The molecule has 4 N–H and O–H groups in total. The molecule has 18 heavy (non-hydrogen) atoms. The number of rotatable bonds is 1. The third-order valence-electron chi connectivity index (χ3n) is 3.73. The van der Waals surface area contributed by atoms with E-state index in [9.17, 15) is 9.90 Å². The van der Waals surface area contributed by atoms with Gasteiger partial charge >= 0.3 is 0 Å². The Morgan fingerprint density at radius 3 is 2.44 bits per heavy atom. The highest BCUT2D eigenvalue weighted by atomic mass is 16.3. The summed E-state index contributed by atoms with van der Waals surface area (Å²) in [6.45, 7) is 6.03. The summed E-state index contributed by atoms with van der Waals surface area (Å²) in [4.78, 5) is 12.2. The van der Waals surface area contributed by atoms with Gasteiger partial charge in [0.25, 0.3) is 5.56 Å². The van der Waals surface area contributed by atoms with Crippen molar-refractivity contribution in [1.82, 2.24) is 9.78 Å². The maximum Gasteiger partial charge on any atom is 0.290 e. The Balaban J connectivity index is 2.43. The molecular weight excluding hydrogens is 230 g/mol. The monoisotopic (exact) mass is 253 g/mol. The summed E-state index contributed by atoms with van der Waals surface area (Å²) in [5.41, 5.74) is 6.53. The highest BCUT2D eigenvalue weighted by molar-refractivity contribution is 5.44. The molecule has 5 heteroatoms. The number of nitrogen functional groups attached to an aromatic ring is 1. The van der Waals surface area contributed by atoms with Gasteiger partial charge < -0.3 is 10.8 Å². The summed E-state index contributed by atoms with van der Waals surface area (Å²) in [5.74, 6) is 0. The predicted molar refractivity (Wildman–Crippen MR) is 71.7 cm³/mol. The van der Waals surface area contributed by atoms with Crippen LogP contribution in [0.25, 0.3) is 0 Å². The number of aliphatic hydroxyl groups is 1. The Kier molecular flexibility index (Phi) is 3.27. The predicted octanol–water partition coefficient (Wildman–Crippen LogP) is 1.53. The number of nitrogens with one attached hydrogen (secondary N) is 1. The van der Waals surface area contributed by atoms with E-state index >= 15 is 0 Å². The number of hydrogen-bond donors (Lipinski definition) is 3. The molecule has 2 unspecified atom stereocenters. The molecule has 0 bridgehead atoms. The molecule has 0 amide bonds. The Morgan fingerprint density at radius 1 is 1.33 bits per heavy atom. The molecule has 5 nitrogen and oxygen atoms in total. The van der Waals surface area contributed by atoms with Crippen LogP contribution in [0.1, 0.15) is 58.2 Å². The van der Waals surface area contributed by atoms with E-state index in [0.29, 0.717) is 0 Å². The lowest BCUT2D eigenvalue weighted by molar-refractivity contribution is 0.0675. The van der Waals surface area contributed by atoms with Crippen LogP contribution in [-0.2, 0) is 5.41 Å². The summed E-state index contributed by atoms with van der Waals surface area (Å²) in [7, 11) is 0. The Morgan fingerprint density at radius 2 is 1.94 bits per heavy atom. The fourth-order valence-corrected chi connectivity index (χ4v) is 2.67. The molecule has 1 aromatic rings. The fraction of sp³-hybridized carbons (Fsp3) is 0.769. The standard InChI is InChI=1S/C13H23N3O2/c1-13(2,3)11-10(14)12(18)16(15-11)8-6-4-5-7-9(8)17/h8-9,15,17H,4-7,14H2,1-3H3. The fourth-order valence-electron chi connectivity index (χ4n) is 2.67. The van der Waals surface area contributed by atoms with Gasteiger partial charge in [-0.15, -0.1) is 0 Å². The summed E-state index contributed by atoms with van der Waals surface area (Å²) in [6.07, 6.45) is 3.18. The maximum absolute atomic E-state index is 12.2. The van der Waals surface area contributed by atoms with E-state index in [-0.39, 0.29) is 22.7 Å². The molecule has 0 saturated heterocycles. The van der Waals surface area contributed by atoms with Gasteiger partial charge in [-0.2, -0.15) is 0 Å². The number of aliphatic hydroxyl groups excluding tert-OH is 1. The lowest BCUT2D eigenvalue weighted by atomic mass is 9.91. The second-order valence-corrected chi connectivity index (χ2v) is 6.24. The van der Waals surface area contributed by atoms with Crippen LogP contribution in [0.15, 0.2) is 4.79 Å². The third-order valence-corrected chi connectivity index (χ3v) is 3.73. The van der Waals surface area contributed by atoms with Crippen molar-refractivity contribution in [3.63, 3.8) is 0 Å². The molecule has 0 aliphatic heterocycles. The molecular formula is C13H23N3O2. The second kappa shape index (κ2) is 4.46. The number of aromatic amines is 1. The summed E-state index contributed by atoms with van der Waals surface area (Å²) in [6, 6.07) is -0.162. The molecule has 1 fully saturated rings. The largest absolute Gasteiger partial charge is 0.393 e. The topological polar surface area (TPSA) is 84.0 Å². The lowest BCUT2D eigenvalue weighted by Crippen LogP contribution is -2.34. The number of hydrogen-bond acceptors (Lipinski definition) is 3. The van der Waals surface area contributed by atoms with Crippen LogP contribution in [0.4, 0.5) is 5.69 Å². The quantitative estimate of drug-likeness (QED) is 0.709. The highest BCUT2D eigenvalue weighted by Gasteiger charge is 2.30. The number of H-pyrrole nitrogens is 1. The van der Waals surface area contributed by atoms with Crippen LogP contribution < -0.4 is 11.3 Å². The Bertz CT molecular complexity index is 481. The molecule has 2 rings (SSSR count). The minimum Gasteiger partial charge on any atom is -0.393 e. The first-order valence-corrected chi connectivity index (χ1v) is 6.61. The van der Waals surface area contributed by atoms with Gasteiger partial charge in [0.15, 0.2) is 0 Å². The highest BCUT2D eigenvalue weighted by Crippen LogP contribution is 2.30. The second-order valence-electron chi connectivity index (χ2n) is 6.24. The van der Waals surface area contributed by atoms with Crippen molar-refractivity contribution in [1.29, 1.82) is 0 Å². The van der Waals surface area contributed by atoms with E-state index in [0.717, 1.165) is 31.4 Å². The molecule has 1 aromatic heterocycles. The maximum atomic E-state index is 12.2. The molecule has 1 heterocycles. The first-order valence-electron chi connectivity index (χ1n) is 6.61. The van der Waals surface area contributed by atoms with Crippen LogP contribution >= 0.6 is 0 Å². The minimum absolute atomic E-state index is 0.162. The van der Waals surface area contributed by atoms with Gasteiger partial charge in [0.1, 0.15) is 5.69 Å². The van der Waals surface area contributed by atoms with E-state index in [1.807, 2.05) is 20.8 Å². The number of aromatic nitrogens is 2. The minimum atomic E-state index is -0.456. The molecule has 0 radical (unpaired) electrons. The first-order chi connectivity index (χ1) is 8.32. The van der Waals surface area contributed by atoms with Crippen molar-refractivity contribution in [3.05, 3.63) is 16.0 Å². The van der Waals surface area contributed by atoms with Crippen molar-refractivity contribution >= 4 is 5.69 Å². The zero-order valence-electron chi connectivity index (χ0n) is 11.4. The van der Waals surface area contributed by atoms with Crippen molar-refractivity contribution < 1.29 is 5.11 Å². The van der Waals surface area contributed by atoms with Crippen molar-refractivity contribution in [3.8, 4) is 0 Å². The van der Waals surface area contributed by atoms with Gasteiger partial charge in [-0.3, -0.25) is 9.89 Å². The van der Waals surface area contributed by atoms with Crippen molar-refractivity contribution in [2.45, 2.75) is 64.0 Å². The average Bonchev–Trinajstić information content (AvgIpc) is 2.57. The molecule has 1 saturated carbocycles. The van der Waals surface area contributed by atoms with E-state index in [2.05, 4.69) is 5.10 Å². The number of anilines is 1. The lowest BCUT2D eigenvalue weighted by Gasteiger charge is -2.28. The number of nitrogens with two attached hydrogens (primary N) is 1. The van der Waals surface area contributed by atoms with Gasteiger partial charge in [-0.25, -0.2) is 4.68 Å². The molecule has 102 valence electrons. The molecule has 2 atom stereocenters. The molecule has 0 spiro atoms. The Hall–Kier alpha value is -1.23. The normalized spacial score (nSPS) is 25.3. The average molecular weight is 253 g/mol. The van der Waals surface area contributed by atoms with E-state index in [4.69, 9.17) is 5.73 Å². The zero-order valence-corrected chi connectivity index (χ0v) is 11.4. The summed E-state index contributed by atoms with van der Waals surface area (Å²) < 4.78 is 1.53. The first kappa shape index (κ1) is 13.2. The van der Waals surface area contributed by atoms with Crippen molar-refractivity contribution in [2.24, 2.45) is 0 Å². The third kappa shape index (κ3) is 2.19. The van der Waals surface area contributed by atoms with E-state index < -0.39 is 6.10 Å². The van der Waals surface area contributed by atoms with E-state index in [1.54, 1.807) is 0 Å². The van der Waals surface area contributed by atoms with Gasteiger partial charge in [0.05, 0.1) is 17.8 Å². The van der Waals surface area contributed by atoms with E-state index in [1.165, 1.54) is 4.68 Å². The summed E-state index contributed by atoms with van der Waals surface area (Å²) >= 11 is 0. The SMILES string of the molecule is CC(C)(C)c1[nH]n(C2CCCCC2O)c(=O)c1N. The van der Waals surface area contributed by atoms with Crippen LogP contribution in [0.3, 0.4) is 0 Å². The van der Waals surface area contributed by atoms with Crippen molar-refractivity contribution in [2.75, 3.05) is 5.73 Å². The van der Waals surface area contributed by atoms with Gasteiger partial charge in [0.2, 0.25) is 0 Å². The molecule has 1 aliphatic rings. The van der Waals surface area contributed by atoms with Crippen LogP contribution in [0.2, 0.25) is 0 Å². The molecule has 1 aliphatic carbocycles. The van der Waals surface area contributed by atoms with Crippen LogP contribution in [-0.4, -0.2) is 21.0 Å². The summed E-state index contributed by atoms with van der Waals surface area (Å²) in [5, 5.41) is 13.1.